The van der Waals surface area contributed by atoms with Gasteiger partial charge in [-0.2, -0.15) is 4.39 Å². The fourth-order valence-corrected chi connectivity index (χ4v) is 0.808. The maximum absolute atomic E-state index is 12.8. The molecule has 0 fully saturated rings. The number of nitrogens with one attached hydrogen (secondary N) is 1. The highest BCUT2D eigenvalue weighted by Gasteiger charge is 2.14. The van der Waals surface area contributed by atoms with Gasteiger partial charge in [-0.3, -0.25) is 14.9 Å². The molecule has 1 aromatic rings. The third kappa shape index (κ3) is 3.22. The minimum Gasteiger partial charge on any atom is -0.347 e. The predicted octanol–water partition coefficient (Wildman–Crippen LogP) is 1.87. The van der Waals surface area contributed by atoms with Crippen molar-refractivity contribution in [1.29, 1.82) is 0 Å². The molecule has 0 radical (unpaired) electrons. The lowest BCUT2D eigenvalue weighted by Gasteiger charge is -2.01. The monoisotopic (exact) mass is 216 g/mol. The predicted molar refractivity (Wildman–Crippen MR) is 50.6 cm³/mol. The molecule has 0 unspecified atom stereocenters. The van der Waals surface area contributed by atoms with E-state index in [9.17, 15) is 19.3 Å². The minimum atomic E-state index is -0.952. The average molecular weight is 216 g/mol. The summed E-state index contributed by atoms with van der Waals surface area (Å²) in [6.45, 7) is 0.106. The Labute approximate surface area is 84.8 Å². The number of nitrogens with zero attached hydrogens (tertiary/aromatic N) is 1. The number of benzene rings is 1. The second kappa shape index (κ2) is 5.53. The summed E-state index contributed by atoms with van der Waals surface area (Å²) >= 11 is 0. The van der Waals surface area contributed by atoms with Crippen molar-refractivity contribution in [2.75, 3.05) is 5.48 Å². The third-order valence-corrected chi connectivity index (χ3v) is 1.37. The van der Waals surface area contributed by atoms with Crippen LogP contribution in [-0.4, -0.2) is 11.4 Å². The van der Waals surface area contributed by atoms with Crippen molar-refractivity contribution < 1.29 is 18.9 Å². The maximum atomic E-state index is 12.8. The molecule has 0 heterocycles. The van der Waals surface area contributed by atoms with Crippen LogP contribution in [0.2, 0.25) is 0 Å². The number of hydrogen-bond donors (Lipinski definition) is 1. The second-order valence-corrected chi connectivity index (χ2v) is 2.24. The van der Waals surface area contributed by atoms with E-state index in [0.29, 0.717) is 0 Å². The molecule has 15 heavy (non-hydrogen) atoms. The highest BCUT2D eigenvalue weighted by molar-refractivity contribution is 5.52. The molecule has 0 bridgehead atoms. The molecule has 1 rings (SSSR count). The number of rotatable bonds is 4. The van der Waals surface area contributed by atoms with E-state index in [0.717, 1.165) is 12.1 Å². The molecule has 0 spiro atoms. The molecule has 0 amide bonds. The Bertz CT molecular complexity index is 370. The molecule has 0 saturated heterocycles. The first-order valence-electron chi connectivity index (χ1n) is 3.44. The van der Waals surface area contributed by atoms with Crippen LogP contribution in [-0.2, 0) is 9.63 Å². The Balaban J connectivity index is 0.00000196. The van der Waals surface area contributed by atoms with Crippen LogP contribution in [0.4, 0.5) is 15.8 Å². The first-order valence-corrected chi connectivity index (χ1v) is 3.44. The van der Waals surface area contributed by atoms with Gasteiger partial charge in [-0.25, -0.2) is 5.48 Å². The van der Waals surface area contributed by atoms with Crippen LogP contribution in [0.15, 0.2) is 18.2 Å². The van der Waals surface area contributed by atoms with Gasteiger partial charge in [0.05, 0.1) is 10.6 Å². The van der Waals surface area contributed by atoms with Crippen molar-refractivity contribution >= 4 is 17.8 Å². The number of carbonyl (C=O) groups excluding carboxylic acids is 1. The first-order chi connectivity index (χ1) is 6.65. The zero-order valence-electron chi connectivity index (χ0n) is 6.77. The summed E-state index contributed by atoms with van der Waals surface area (Å²) in [5.41, 5.74) is 1.50. The minimum absolute atomic E-state index is 0. The highest BCUT2D eigenvalue weighted by atomic mass is 19.1. The molecule has 0 aliphatic heterocycles. The van der Waals surface area contributed by atoms with Crippen molar-refractivity contribution in [2.45, 2.75) is 7.43 Å². The zero-order valence-corrected chi connectivity index (χ0v) is 6.77. The van der Waals surface area contributed by atoms with Crippen LogP contribution in [0.1, 0.15) is 7.43 Å². The Morgan fingerprint density at radius 3 is 2.73 bits per heavy atom. The summed E-state index contributed by atoms with van der Waals surface area (Å²) in [6, 6.07) is 3.01. The summed E-state index contributed by atoms with van der Waals surface area (Å²) in [7, 11) is 0. The molecule has 0 saturated carbocycles. The van der Waals surface area contributed by atoms with Crippen LogP contribution >= 0.6 is 0 Å². The first kappa shape index (κ1) is 12.8. The maximum Gasteiger partial charge on any atom is 0.320 e. The highest BCUT2D eigenvalue weighted by Crippen LogP contribution is 2.21. The normalized spacial score (nSPS) is 8.60. The third-order valence-electron chi connectivity index (χ3n) is 1.37. The second-order valence-electron chi connectivity index (χ2n) is 2.24. The van der Waals surface area contributed by atoms with E-state index in [1.54, 1.807) is 0 Å². The van der Waals surface area contributed by atoms with Crippen LogP contribution in [0.25, 0.3) is 0 Å². The molecule has 7 heteroatoms. The van der Waals surface area contributed by atoms with E-state index in [1.165, 1.54) is 6.07 Å². The summed E-state index contributed by atoms with van der Waals surface area (Å²) in [5, 5.41) is 10.3. The lowest BCUT2D eigenvalue weighted by atomic mass is 10.3. The number of nitro groups is 1. The number of nitro benzene ring substituents is 1. The Morgan fingerprint density at radius 2 is 2.20 bits per heavy atom. The quantitative estimate of drug-likeness (QED) is 0.472. The fourth-order valence-electron chi connectivity index (χ4n) is 0.808. The van der Waals surface area contributed by atoms with Crippen LogP contribution in [0.3, 0.4) is 0 Å². The number of anilines is 1. The van der Waals surface area contributed by atoms with E-state index in [1.807, 2.05) is 0 Å². The Morgan fingerprint density at radius 1 is 1.53 bits per heavy atom. The van der Waals surface area contributed by atoms with Gasteiger partial charge >= 0.3 is 12.2 Å². The largest absolute Gasteiger partial charge is 0.347 e. The lowest BCUT2D eigenvalue weighted by Crippen LogP contribution is -2.00. The van der Waals surface area contributed by atoms with Gasteiger partial charge in [0.2, 0.25) is 5.82 Å². The molecule has 0 aliphatic rings. The van der Waals surface area contributed by atoms with Crippen molar-refractivity contribution in [3.05, 3.63) is 34.1 Å². The molecule has 1 N–H and O–H groups in total. The lowest BCUT2D eigenvalue weighted by molar-refractivity contribution is -0.387. The fraction of sp³-hybridized carbons (Fsp3) is 0.125. The molecule has 6 nitrogen and oxygen atoms in total. The Kier molecular flexibility index (Phi) is 4.73. The van der Waals surface area contributed by atoms with Gasteiger partial charge in [0.25, 0.3) is 0 Å². The van der Waals surface area contributed by atoms with Crippen molar-refractivity contribution in [3.63, 3.8) is 0 Å². The standard InChI is InChI=1S/C7H5FN2O4.CH4/c8-6-2-1-5(9-14-4-11)3-7(6)10(12)13;/h1-4,9H;1H4. The summed E-state index contributed by atoms with van der Waals surface area (Å²) in [5.74, 6) is -0.952. The van der Waals surface area contributed by atoms with E-state index >= 15 is 0 Å². The number of halogens is 1. The van der Waals surface area contributed by atoms with E-state index in [2.05, 4.69) is 10.3 Å². The Hall–Kier alpha value is -2.18. The van der Waals surface area contributed by atoms with Crippen molar-refractivity contribution in [3.8, 4) is 0 Å². The summed E-state index contributed by atoms with van der Waals surface area (Å²) in [6.07, 6.45) is 0. The van der Waals surface area contributed by atoms with Gasteiger partial charge in [0.15, 0.2) is 0 Å². The molecule has 0 aliphatic carbocycles. The van der Waals surface area contributed by atoms with Gasteiger partial charge in [-0.1, -0.05) is 7.43 Å². The smallest absolute Gasteiger partial charge is 0.320 e. The average Bonchev–Trinajstić information content (AvgIpc) is 2.16. The van der Waals surface area contributed by atoms with Crippen molar-refractivity contribution in [1.82, 2.24) is 0 Å². The number of carbonyl (C=O) groups is 1. The SMILES string of the molecule is C.O=CONc1ccc(F)c([N+](=O)[O-])c1. The molecule has 0 aromatic heterocycles. The van der Waals surface area contributed by atoms with Gasteiger partial charge in [-0.15, -0.1) is 0 Å². The topological polar surface area (TPSA) is 81.5 Å². The zero-order chi connectivity index (χ0) is 10.6. The molecular weight excluding hydrogens is 207 g/mol. The summed E-state index contributed by atoms with van der Waals surface area (Å²) in [4.78, 5) is 23.3. The molecule has 1 aromatic carbocycles. The van der Waals surface area contributed by atoms with E-state index < -0.39 is 16.4 Å². The molecule has 82 valence electrons. The molecule has 0 atom stereocenters. The van der Waals surface area contributed by atoms with Crippen LogP contribution in [0.5, 0.6) is 0 Å². The van der Waals surface area contributed by atoms with Crippen LogP contribution in [0, 0.1) is 15.9 Å². The van der Waals surface area contributed by atoms with E-state index in [4.69, 9.17) is 0 Å². The van der Waals surface area contributed by atoms with Gasteiger partial charge in [-0.05, 0) is 12.1 Å². The van der Waals surface area contributed by atoms with Gasteiger partial charge < -0.3 is 4.84 Å². The number of hydrogen-bond acceptors (Lipinski definition) is 5. The van der Waals surface area contributed by atoms with Gasteiger partial charge in [0.1, 0.15) is 0 Å². The molecular formula is C8H9FN2O4. The summed E-state index contributed by atoms with van der Waals surface area (Å²) < 4.78 is 12.8. The van der Waals surface area contributed by atoms with E-state index in [-0.39, 0.29) is 19.6 Å². The van der Waals surface area contributed by atoms with Crippen molar-refractivity contribution in [2.24, 2.45) is 0 Å². The van der Waals surface area contributed by atoms with Gasteiger partial charge in [0, 0.05) is 6.07 Å². The van der Waals surface area contributed by atoms with Crippen LogP contribution < -0.4 is 5.48 Å².